The van der Waals surface area contributed by atoms with Crippen molar-refractivity contribution in [3.63, 3.8) is 0 Å². The van der Waals surface area contributed by atoms with Gasteiger partial charge in [-0.2, -0.15) is 0 Å². The van der Waals surface area contributed by atoms with Crippen molar-refractivity contribution in [3.8, 4) is 5.75 Å². The van der Waals surface area contributed by atoms with Crippen LogP contribution in [0.2, 0.25) is 0 Å². The summed E-state index contributed by atoms with van der Waals surface area (Å²) in [5, 5.41) is 0. The summed E-state index contributed by atoms with van der Waals surface area (Å²) < 4.78 is 5.49. The highest BCUT2D eigenvalue weighted by Gasteiger charge is 2.17. The topological polar surface area (TPSA) is 48.1 Å². The number of nitrogens with two attached hydrogens (primary N) is 1. The molecular weight excluding hydrogens is 236 g/mol. The predicted molar refractivity (Wildman–Crippen MR) is 78.1 cm³/mol. The van der Waals surface area contributed by atoms with E-state index in [1.807, 2.05) is 19.2 Å². The second-order valence-electron chi connectivity index (χ2n) is 5.59. The molecule has 0 aromatic carbocycles. The molecule has 0 spiro atoms. The zero-order chi connectivity index (χ0) is 13.5. The van der Waals surface area contributed by atoms with Crippen LogP contribution in [0.4, 0.5) is 0 Å². The first-order valence-electron chi connectivity index (χ1n) is 7.63. The van der Waals surface area contributed by atoms with E-state index >= 15 is 0 Å². The van der Waals surface area contributed by atoms with Crippen LogP contribution in [0.3, 0.4) is 0 Å². The molecule has 1 aromatic rings. The maximum atomic E-state index is 6.35. The number of rotatable bonds is 5. The van der Waals surface area contributed by atoms with E-state index in [-0.39, 0.29) is 6.04 Å². The molecule has 1 atom stereocenters. The van der Waals surface area contributed by atoms with Crippen LogP contribution in [-0.4, -0.2) is 11.6 Å². The highest BCUT2D eigenvalue weighted by Crippen LogP contribution is 2.30. The molecule has 1 aliphatic rings. The van der Waals surface area contributed by atoms with Gasteiger partial charge in [0.15, 0.2) is 0 Å². The third-order valence-electron chi connectivity index (χ3n) is 4.04. The SMILES string of the molecule is CCOc1cncc(C(N)CC2CCCCCC2)c1. The zero-order valence-electron chi connectivity index (χ0n) is 12.0. The lowest BCUT2D eigenvalue weighted by atomic mass is 9.90. The summed E-state index contributed by atoms with van der Waals surface area (Å²) in [6.45, 7) is 2.65. The minimum absolute atomic E-state index is 0.0935. The van der Waals surface area contributed by atoms with Gasteiger partial charge in [0, 0.05) is 12.2 Å². The summed E-state index contributed by atoms with van der Waals surface area (Å²) in [5.74, 6) is 1.62. The Bertz CT molecular complexity index is 373. The zero-order valence-corrected chi connectivity index (χ0v) is 12.0. The average Bonchev–Trinajstić information content (AvgIpc) is 2.68. The molecule has 2 N–H and O–H groups in total. The molecule has 3 nitrogen and oxygen atoms in total. The molecular formula is C16H26N2O. The van der Waals surface area contributed by atoms with Crippen LogP contribution >= 0.6 is 0 Å². The van der Waals surface area contributed by atoms with Gasteiger partial charge in [-0.15, -0.1) is 0 Å². The third kappa shape index (κ3) is 4.50. The Hall–Kier alpha value is -1.09. The highest BCUT2D eigenvalue weighted by atomic mass is 16.5. The summed E-state index contributed by atoms with van der Waals surface area (Å²) >= 11 is 0. The Morgan fingerprint density at radius 2 is 2.00 bits per heavy atom. The van der Waals surface area contributed by atoms with Crippen LogP contribution < -0.4 is 10.5 Å². The van der Waals surface area contributed by atoms with Crippen LogP contribution in [0.5, 0.6) is 5.75 Å². The minimum atomic E-state index is 0.0935. The Morgan fingerprint density at radius 1 is 1.26 bits per heavy atom. The van der Waals surface area contributed by atoms with Crippen molar-refractivity contribution in [1.29, 1.82) is 0 Å². The minimum Gasteiger partial charge on any atom is -0.492 e. The fourth-order valence-corrected chi connectivity index (χ4v) is 2.98. The van der Waals surface area contributed by atoms with Crippen LogP contribution in [-0.2, 0) is 0 Å². The van der Waals surface area contributed by atoms with Crippen molar-refractivity contribution in [1.82, 2.24) is 4.98 Å². The first-order valence-corrected chi connectivity index (χ1v) is 7.63. The van der Waals surface area contributed by atoms with E-state index in [9.17, 15) is 0 Å². The molecule has 1 saturated carbocycles. The molecule has 1 heterocycles. The predicted octanol–water partition coefficient (Wildman–Crippen LogP) is 3.84. The second-order valence-corrected chi connectivity index (χ2v) is 5.59. The summed E-state index contributed by atoms with van der Waals surface area (Å²) in [5.41, 5.74) is 7.45. The number of pyridine rings is 1. The molecule has 1 fully saturated rings. The number of hydrogen-bond donors (Lipinski definition) is 1. The van der Waals surface area contributed by atoms with Crippen molar-refractivity contribution in [3.05, 3.63) is 24.0 Å². The van der Waals surface area contributed by atoms with Crippen LogP contribution in [0.25, 0.3) is 0 Å². The van der Waals surface area contributed by atoms with E-state index < -0.39 is 0 Å². The van der Waals surface area contributed by atoms with Crippen LogP contribution in [0.15, 0.2) is 18.5 Å². The molecule has 0 bridgehead atoms. The van der Waals surface area contributed by atoms with Gasteiger partial charge in [0.1, 0.15) is 5.75 Å². The summed E-state index contributed by atoms with van der Waals surface area (Å²) in [7, 11) is 0. The lowest BCUT2D eigenvalue weighted by Crippen LogP contribution is -2.15. The molecule has 0 radical (unpaired) electrons. The first-order chi connectivity index (χ1) is 9.29. The maximum absolute atomic E-state index is 6.35. The quantitative estimate of drug-likeness (QED) is 0.820. The molecule has 1 aromatic heterocycles. The van der Waals surface area contributed by atoms with Gasteiger partial charge in [-0.1, -0.05) is 38.5 Å². The van der Waals surface area contributed by atoms with E-state index in [1.165, 1.54) is 38.5 Å². The van der Waals surface area contributed by atoms with Gasteiger partial charge in [-0.3, -0.25) is 4.98 Å². The van der Waals surface area contributed by atoms with E-state index in [2.05, 4.69) is 4.98 Å². The fourth-order valence-electron chi connectivity index (χ4n) is 2.98. The van der Waals surface area contributed by atoms with E-state index in [0.29, 0.717) is 6.61 Å². The van der Waals surface area contributed by atoms with Crippen molar-refractivity contribution >= 4 is 0 Å². The molecule has 0 amide bonds. The molecule has 106 valence electrons. The average molecular weight is 262 g/mol. The smallest absolute Gasteiger partial charge is 0.137 e. The highest BCUT2D eigenvalue weighted by molar-refractivity contribution is 5.25. The standard InChI is InChI=1S/C16H26N2O/c1-2-19-15-10-14(11-18-12-15)16(17)9-13-7-5-3-4-6-8-13/h10-13,16H,2-9,17H2,1H3. The fraction of sp³-hybridized carbons (Fsp3) is 0.688. The number of nitrogens with zero attached hydrogens (tertiary/aromatic N) is 1. The van der Waals surface area contributed by atoms with Crippen LogP contribution in [0, 0.1) is 5.92 Å². The van der Waals surface area contributed by atoms with Gasteiger partial charge in [0.25, 0.3) is 0 Å². The molecule has 3 heteroatoms. The maximum Gasteiger partial charge on any atom is 0.137 e. The van der Waals surface area contributed by atoms with Crippen molar-refractivity contribution in [2.24, 2.45) is 11.7 Å². The van der Waals surface area contributed by atoms with Gasteiger partial charge in [0.05, 0.1) is 12.8 Å². The molecule has 1 unspecified atom stereocenters. The summed E-state index contributed by atoms with van der Waals surface area (Å²) in [6, 6.07) is 2.13. The van der Waals surface area contributed by atoms with E-state index in [0.717, 1.165) is 23.7 Å². The van der Waals surface area contributed by atoms with Gasteiger partial charge in [-0.05, 0) is 30.9 Å². The number of hydrogen-bond acceptors (Lipinski definition) is 3. The third-order valence-corrected chi connectivity index (χ3v) is 4.04. The second kappa shape index (κ2) is 7.49. The first kappa shape index (κ1) is 14.3. The summed E-state index contributed by atoms with van der Waals surface area (Å²) in [4.78, 5) is 4.23. The van der Waals surface area contributed by atoms with E-state index in [4.69, 9.17) is 10.5 Å². The van der Waals surface area contributed by atoms with Gasteiger partial charge in [-0.25, -0.2) is 0 Å². The van der Waals surface area contributed by atoms with Gasteiger partial charge < -0.3 is 10.5 Å². The van der Waals surface area contributed by atoms with Crippen molar-refractivity contribution < 1.29 is 4.74 Å². The Kier molecular flexibility index (Phi) is 5.64. The van der Waals surface area contributed by atoms with E-state index in [1.54, 1.807) is 6.20 Å². The molecule has 0 aliphatic heterocycles. The number of ether oxygens (including phenoxy) is 1. The molecule has 2 rings (SSSR count). The lowest BCUT2D eigenvalue weighted by molar-refractivity contribution is 0.337. The van der Waals surface area contributed by atoms with Crippen molar-refractivity contribution in [2.75, 3.05) is 6.61 Å². The molecule has 19 heavy (non-hydrogen) atoms. The van der Waals surface area contributed by atoms with Gasteiger partial charge in [0.2, 0.25) is 0 Å². The Balaban J connectivity index is 1.94. The Morgan fingerprint density at radius 3 is 2.68 bits per heavy atom. The monoisotopic (exact) mass is 262 g/mol. The van der Waals surface area contributed by atoms with Crippen LogP contribution in [0.1, 0.15) is 63.5 Å². The largest absolute Gasteiger partial charge is 0.492 e. The molecule has 1 aliphatic carbocycles. The summed E-state index contributed by atoms with van der Waals surface area (Å²) in [6.07, 6.45) is 12.9. The van der Waals surface area contributed by atoms with Gasteiger partial charge >= 0.3 is 0 Å². The number of aromatic nitrogens is 1. The Labute approximate surface area is 116 Å². The lowest BCUT2D eigenvalue weighted by Gasteiger charge is -2.19. The molecule has 0 saturated heterocycles. The normalized spacial score (nSPS) is 18.8. The van der Waals surface area contributed by atoms with Crippen molar-refractivity contribution in [2.45, 2.75) is 57.9 Å².